The minimum atomic E-state index is 0.537. The molecule has 0 saturated carbocycles. The van der Waals surface area contributed by atoms with Crippen LogP contribution >= 0.6 is 0 Å². The van der Waals surface area contributed by atoms with Gasteiger partial charge in [0, 0.05) is 10.9 Å². The molecule has 1 aliphatic rings. The van der Waals surface area contributed by atoms with Crippen molar-refractivity contribution < 1.29 is 4.74 Å². The second-order valence-electron chi connectivity index (χ2n) is 3.50. The number of nitrogens with two attached hydrogens (primary N) is 1. The highest BCUT2D eigenvalue weighted by molar-refractivity contribution is 5.91. The zero-order valence-corrected chi connectivity index (χ0v) is 8.10. The fraction of sp³-hybridized carbons (Fsp3) is 0.0833. The van der Waals surface area contributed by atoms with Crippen LogP contribution in [0.2, 0.25) is 0 Å². The van der Waals surface area contributed by atoms with Gasteiger partial charge in [0.15, 0.2) is 0 Å². The quantitative estimate of drug-likeness (QED) is 0.706. The Bertz CT molecular complexity index is 561. The predicted molar refractivity (Wildman–Crippen MR) is 60.7 cm³/mol. The van der Waals surface area contributed by atoms with Crippen LogP contribution < -0.4 is 10.5 Å². The van der Waals surface area contributed by atoms with Gasteiger partial charge < -0.3 is 10.5 Å². The molecule has 0 amide bonds. The van der Waals surface area contributed by atoms with Crippen LogP contribution in [0, 0.1) is 0 Å². The molecular formula is C12H10N2O. The molecule has 2 heterocycles. The molecule has 0 bridgehead atoms. The number of pyridine rings is 1. The van der Waals surface area contributed by atoms with Crippen molar-refractivity contribution in [3.63, 3.8) is 0 Å². The van der Waals surface area contributed by atoms with Crippen molar-refractivity contribution in [3.8, 4) is 5.75 Å². The molecule has 3 rings (SSSR count). The van der Waals surface area contributed by atoms with E-state index in [2.05, 4.69) is 4.98 Å². The van der Waals surface area contributed by atoms with Gasteiger partial charge in [0.2, 0.25) is 0 Å². The molecule has 0 aliphatic carbocycles. The first kappa shape index (κ1) is 8.29. The van der Waals surface area contributed by atoms with E-state index in [0.717, 1.165) is 22.2 Å². The van der Waals surface area contributed by atoms with Crippen molar-refractivity contribution in [2.45, 2.75) is 0 Å². The standard InChI is InChI=1S/C12H10N2O/c13-11-6-4-8-3-5-10-9(12(8)14-11)2-1-7-15-10/h1-6H,7H2,(H2,13,14). The van der Waals surface area contributed by atoms with E-state index in [0.29, 0.717) is 12.4 Å². The highest BCUT2D eigenvalue weighted by Gasteiger charge is 2.10. The number of benzene rings is 1. The van der Waals surface area contributed by atoms with Gasteiger partial charge in [0.25, 0.3) is 0 Å². The zero-order valence-electron chi connectivity index (χ0n) is 8.10. The van der Waals surface area contributed by atoms with Gasteiger partial charge in [0.1, 0.15) is 18.2 Å². The highest BCUT2D eigenvalue weighted by atomic mass is 16.5. The number of rotatable bonds is 0. The van der Waals surface area contributed by atoms with Gasteiger partial charge in [0.05, 0.1) is 5.52 Å². The summed E-state index contributed by atoms with van der Waals surface area (Å²) < 4.78 is 5.50. The summed E-state index contributed by atoms with van der Waals surface area (Å²) in [4.78, 5) is 4.34. The lowest BCUT2D eigenvalue weighted by molar-refractivity contribution is 0.359. The maximum atomic E-state index is 5.68. The monoisotopic (exact) mass is 198 g/mol. The summed E-state index contributed by atoms with van der Waals surface area (Å²) in [5.41, 5.74) is 7.61. The maximum Gasteiger partial charge on any atom is 0.129 e. The van der Waals surface area contributed by atoms with Crippen molar-refractivity contribution >= 4 is 22.8 Å². The number of ether oxygens (including phenoxy) is 1. The van der Waals surface area contributed by atoms with Crippen LogP contribution in [-0.2, 0) is 0 Å². The fourth-order valence-corrected chi connectivity index (χ4v) is 1.80. The van der Waals surface area contributed by atoms with Crippen molar-refractivity contribution in [2.75, 3.05) is 12.3 Å². The van der Waals surface area contributed by atoms with Crippen LogP contribution in [0.1, 0.15) is 5.56 Å². The summed E-state index contributed by atoms with van der Waals surface area (Å²) in [7, 11) is 0. The Labute approximate surface area is 87.2 Å². The predicted octanol–water partition coefficient (Wildman–Crippen LogP) is 2.22. The van der Waals surface area contributed by atoms with Crippen LogP contribution in [0.15, 0.2) is 30.3 Å². The molecule has 74 valence electrons. The Morgan fingerprint density at radius 3 is 3.00 bits per heavy atom. The lowest BCUT2D eigenvalue weighted by atomic mass is 10.1. The second-order valence-corrected chi connectivity index (χ2v) is 3.50. The van der Waals surface area contributed by atoms with E-state index in [4.69, 9.17) is 10.5 Å². The fourth-order valence-electron chi connectivity index (χ4n) is 1.80. The number of fused-ring (bicyclic) bond motifs is 3. The van der Waals surface area contributed by atoms with Gasteiger partial charge in [-0.2, -0.15) is 0 Å². The Morgan fingerprint density at radius 1 is 1.20 bits per heavy atom. The average Bonchev–Trinajstić information content (AvgIpc) is 2.29. The summed E-state index contributed by atoms with van der Waals surface area (Å²) >= 11 is 0. The smallest absolute Gasteiger partial charge is 0.129 e. The number of nitrogen functional groups attached to an aromatic ring is 1. The van der Waals surface area contributed by atoms with Gasteiger partial charge in [-0.15, -0.1) is 0 Å². The van der Waals surface area contributed by atoms with Gasteiger partial charge in [-0.3, -0.25) is 0 Å². The van der Waals surface area contributed by atoms with E-state index in [1.54, 1.807) is 0 Å². The summed E-state index contributed by atoms with van der Waals surface area (Å²) in [5, 5.41) is 1.08. The SMILES string of the molecule is Nc1ccc2ccc3c(c2n1)C=CCO3. The first-order valence-corrected chi connectivity index (χ1v) is 4.83. The molecule has 0 saturated heterocycles. The largest absolute Gasteiger partial charge is 0.489 e. The molecule has 2 aromatic rings. The Kier molecular flexibility index (Phi) is 1.65. The molecule has 1 aromatic carbocycles. The third-order valence-electron chi connectivity index (χ3n) is 2.50. The topological polar surface area (TPSA) is 48.1 Å². The van der Waals surface area contributed by atoms with Gasteiger partial charge >= 0.3 is 0 Å². The number of aromatic nitrogens is 1. The van der Waals surface area contributed by atoms with Crippen LogP contribution in [0.4, 0.5) is 5.82 Å². The van der Waals surface area contributed by atoms with E-state index >= 15 is 0 Å². The Balaban J connectivity index is 2.41. The molecule has 3 heteroatoms. The third kappa shape index (κ3) is 1.24. The van der Waals surface area contributed by atoms with Crippen LogP contribution in [0.3, 0.4) is 0 Å². The number of hydrogen-bond acceptors (Lipinski definition) is 3. The maximum absolute atomic E-state index is 5.68. The van der Waals surface area contributed by atoms with Gasteiger partial charge in [-0.25, -0.2) is 4.98 Å². The molecule has 2 N–H and O–H groups in total. The molecule has 1 aliphatic heterocycles. The van der Waals surface area contributed by atoms with Crippen molar-refractivity contribution in [1.82, 2.24) is 4.98 Å². The molecular weight excluding hydrogens is 188 g/mol. The molecule has 0 unspecified atom stereocenters. The van der Waals surface area contributed by atoms with Crippen LogP contribution in [0.5, 0.6) is 5.75 Å². The molecule has 15 heavy (non-hydrogen) atoms. The van der Waals surface area contributed by atoms with Crippen molar-refractivity contribution in [3.05, 3.63) is 35.9 Å². The minimum absolute atomic E-state index is 0.537. The summed E-state index contributed by atoms with van der Waals surface area (Å²) in [6, 6.07) is 7.75. The molecule has 0 fully saturated rings. The first-order chi connectivity index (χ1) is 7.34. The first-order valence-electron chi connectivity index (χ1n) is 4.83. The van der Waals surface area contributed by atoms with E-state index in [-0.39, 0.29) is 0 Å². The zero-order chi connectivity index (χ0) is 10.3. The average molecular weight is 198 g/mol. The highest BCUT2D eigenvalue weighted by Crippen LogP contribution is 2.30. The summed E-state index contributed by atoms with van der Waals surface area (Å²) in [6.07, 6.45) is 4.01. The van der Waals surface area contributed by atoms with E-state index in [9.17, 15) is 0 Å². The number of hydrogen-bond donors (Lipinski definition) is 1. The lowest BCUT2D eigenvalue weighted by Gasteiger charge is -2.13. The minimum Gasteiger partial charge on any atom is -0.489 e. The second kappa shape index (κ2) is 2.98. The van der Waals surface area contributed by atoms with Crippen molar-refractivity contribution in [1.29, 1.82) is 0 Å². The molecule has 0 spiro atoms. The van der Waals surface area contributed by atoms with Crippen molar-refractivity contribution in [2.24, 2.45) is 0 Å². The van der Waals surface area contributed by atoms with Crippen LogP contribution in [-0.4, -0.2) is 11.6 Å². The number of nitrogens with zero attached hydrogens (tertiary/aromatic N) is 1. The van der Waals surface area contributed by atoms with Crippen LogP contribution in [0.25, 0.3) is 17.0 Å². The third-order valence-corrected chi connectivity index (χ3v) is 2.50. The van der Waals surface area contributed by atoms with Gasteiger partial charge in [-0.1, -0.05) is 0 Å². The summed E-state index contributed by atoms with van der Waals surface area (Å²) in [6.45, 7) is 0.626. The molecule has 1 aromatic heterocycles. The van der Waals surface area contributed by atoms with E-state index < -0.39 is 0 Å². The van der Waals surface area contributed by atoms with E-state index in [1.165, 1.54) is 0 Å². The lowest BCUT2D eigenvalue weighted by Crippen LogP contribution is -2.01. The van der Waals surface area contributed by atoms with Gasteiger partial charge in [-0.05, 0) is 36.4 Å². The molecule has 0 atom stereocenters. The number of anilines is 1. The molecule has 3 nitrogen and oxygen atoms in total. The summed E-state index contributed by atoms with van der Waals surface area (Å²) in [5.74, 6) is 1.41. The Hall–Kier alpha value is -2.03. The Morgan fingerprint density at radius 2 is 2.07 bits per heavy atom. The normalized spacial score (nSPS) is 13.6. The van der Waals surface area contributed by atoms with E-state index in [1.807, 2.05) is 36.4 Å². The molecule has 0 radical (unpaired) electrons.